The molecule has 2 saturated heterocycles. The molecule has 2 heterocycles. The Morgan fingerprint density at radius 1 is 0.943 bits per heavy atom. The predicted octanol–water partition coefficient (Wildman–Crippen LogP) is 6.92. The van der Waals surface area contributed by atoms with E-state index in [1.54, 1.807) is 0 Å². The van der Waals surface area contributed by atoms with Crippen LogP contribution in [0.25, 0.3) is 11.1 Å². The molecule has 0 bridgehead atoms. The number of ether oxygens (including phenoxy) is 5. The van der Waals surface area contributed by atoms with E-state index in [2.05, 4.69) is 43.3 Å². The third kappa shape index (κ3) is 8.04. The molecule has 0 radical (unpaired) electrons. The van der Waals surface area contributed by atoms with E-state index in [4.69, 9.17) is 23.7 Å². The second-order valence-electron chi connectivity index (χ2n) is 10.2. The lowest BCUT2D eigenvalue weighted by atomic mass is 10.0. The number of rotatable bonds is 12. The molecular weight excluding hydrogens is 440 g/mol. The Hall–Kier alpha value is -1.92. The van der Waals surface area contributed by atoms with Crippen LogP contribution in [-0.4, -0.2) is 44.1 Å². The zero-order valence-electron chi connectivity index (χ0n) is 21.7. The van der Waals surface area contributed by atoms with Gasteiger partial charge in [-0.3, -0.25) is 0 Å². The van der Waals surface area contributed by atoms with E-state index in [9.17, 15) is 0 Å². The van der Waals surface area contributed by atoms with Crippen molar-refractivity contribution < 1.29 is 23.7 Å². The molecule has 4 rings (SSSR count). The van der Waals surface area contributed by atoms with Crippen LogP contribution in [0.5, 0.6) is 5.75 Å². The van der Waals surface area contributed by atoms with E-state index < -0.39 is 5.79 Å². The molecule has 0 N–H and O–H groups in total. The van der Waals surface area contributed by atoms with Gasteiger partial charge in [-0.2, -0.15) is 0 Å². The average Bonchev–Trinajstić information content (AvgIpc) is 3.25. The Balaban J connectivity index is 1.32. The van der Waals surface area contributed by atoms with Crippen molar-refractivity contribution in [2.24, 2.45) is 0 Å². The van der Waals surface area contributed by atoms with Crippen molar-refractivity contribution in [1.29, 1.82) is 0 Å². The summed E-state index contributed by atoms with van der Waals surface area (Å²) in [7, 11) is 0. The van der Waals surface area contributed by atoms with E-state index in [-0.39, 0.29) is 18.5 Å². The van der Waals surface area contributed by atoms with Crippen LogP contribution in [0.4, 0.5) is 0 Å². The van der Waals surface area contributed by atoms with Crippen molar-refractivity contribution in [3.8, 4) is 16.9 Å². The minimum Gasteiger partial charge on any atom is -0.491 e. The van der Waals surface area contributed by atoms with Crippen molar-refractivity contribution in [2.45, 2.75) is 96.4 Å². The molecule has 2 aromatic carbocycles. The average molecular weight is 483 g/mol. The number of aryl methyl sites for hydroxylation is 1. The van der Waals surface area contributed by atoms with Gasteiger partial charge in [0.2, 0.25) is 0 Å². The Morgan fingerprint density at radius 2 is 1.69 bits per heavy atom. The van der Waals surface area contributed by atoms with Gasteiger partial charge in [-0.15, -0.1) is 0 Å². The SMILES string of the molecule is CCCCCCc1ccc(-c2ccc(OC[C@@H](OC3CCCCO3)[C@@H]3COC(C)(C)O3)cc2)cc1. The highest BCUT2D eigenvalue weighted by Gasteiger charge is 2.39. The fraction of sp³-hybridized carbons (Fsp3) is 0.600. The lowest BCUT2D eigenvalue weighted by Gasteiger charge is -2.30. The molecule has 0 saturated carbocycles. The molecule has 2 fully saturated rings. The van der Waals surface area contributed by atoms with Gasteiger partial charge in [0.1, 0.15) is 24.6 Å². The summed E-state index contributed by atoms with van der Waals surface area (Å²) in [5, 5.41) is 0. The van der Waals surface area contributed by atoms with Gasteiger partial charge in [-0.1, -0.05) is 62.6 Å². The Labute approximate surface area is 211 Å². The maximum Gasteiger partial charge on any atom is 0.163 e. The van der Waals surface area contributed by atoms with Gasteiger partial charge in [0, 0.05) is 6.61 Å². The van der Waals surface area contributed by atoms with Crippen LogP contribution in [0.3, 0.4) is 0 Å². The van der Waals surface area contributed by atoms with Crippen molar-refractivity contribution >= 4 is 0 Å². The molecule has 5 heteroatoms. The van der Waals surface area contributed by atoms with E-state index in [0.717, 1.165) is 38.0 Å². The van der Waals surface area contributed by atoms with Crippen LogP contribution < -0.4 is 4.74 Å². The molecule has 5 nitrogen and oxygen atoms in total. The van der Waals surface area contributed by atoms with E-state index >= 15 is 0 Å². The standard InChI is InChI=1S/C30H42O5/c1-4-5-6-7-10-23-12-14-24(15-13-23)25-16-18-26(19-17-25)32-21-27(28-22-33-30(2,3)35-28)34-29-11-8-9-20-31-29/h12-19,27-29H,4-11,20-22H2,1-3H3/t27-,28+,29?/m1/s1. The van der Waals surface area contributed by atoms with Gasteiger partial charge in [0.05, 0.1) is 6.61 Å². The number of unbranched alkanes of at least 4 members (excludes halogenated alkanes) is 3. The molecule has 0 spiro atoms. The molecule has 2 aliphatic rings. The summed E-state index contributed by atoms with van der Waals surface area (Å²) in [6, 6.07) is 17.2. The topological polar surface area (TPSA) is 46.2 Å². The highest BCUT2D eigenvalue weighted by Crippen LogP contribution is 2.28. The minimum atomic E-state index is -0.605. The summed E-state index contributed by atoms with van der Waals surface area (Å²) in [5.41, 5.74) is 3.83. The summed E-state index contributed by atoms with van der Waals surface area (Å²) in [6.45, 7) is 7.73. The molecule has 2 aliphatic heterocycles. The summed E-state index contributed by atoms with van der Waals surface area (Å²) in [4.78, 5) is 0. The van der Waals surface area contributed by atoms with Gasteiger partial charge >= 0.3 is 0 Å². The first-order valence-electron chi connectivity index (χ1n) is 13.4. The number of hydrogen-bond donors (Lipinski definition) is 0. The molecule has 1 unspecified atom stereocenters. The van der Waals surface area contributed by atoms with E-state index in [0.29, 0.717) is 13.2 Å². The van der Waals surface area contributed by atoms with Crippen LogP contribution >= 0.6 is 0 Å². The molecular formula is C30H42O5. The lowest BCUT2D eigenvalue weighted by molar-refractivity contribution is -0.223. The molecule has 0 aromatic heterocycles. The predicted molar refractivity (Wildman–Crippen MR) is 139 cm³/mol. The van der Waals surface area contributed by atoms with Crippen LogP contribution in [0.2, 0.25) is 0 Å². The van der Waals surface area contributed by atoms with Gasteiger partial charge in [-0.25, -0.2) is 0 Å². The van der Waals surface area contributed by atoms with Crippen LogP contribution in [0.1, 0.15) is 71.3 Å². The molecule has 2 aromatic rings. The Kier molecular flexibility index (Phi) is 9.61. The normalized spacial score (nSPS) is 22.7. The van der Waals surface area contributed by atoms with Gasteiger partial charge in [0.25, 0.3) is 0 Å². The largest absolute Gasteiger partial charge is 0.491 e. The molecule has 35 heavy (non-hydrogen) atoms. The third-order valence-corrected chi connectivity index (χ3v) is 6.78. The van der Waals surface area contributed by atoms with E-state index in [1.165, 1.54) is 42.4 Å². The second-order valence-corrected chi connectivity index (χ2v) is 10.2. The van der Waals surface area contributed by atoms with Crippen LogP contribution in [0, 0.1) is 0 Å². The fourth-order valence-corrected chi connectivity index (χ4v) is 4.69. The van der Waals surface area contributed by atoms with Gasteiger partial charge < -0.3 is 23.7 Å². The van der Waals surface area contributed by atoms with Gasteiger partial charge in [0.15, 0.2) is 12.1 Å². The number of hydrogen-bond acceptors (Lipinski definition) is 5. The molecule has 192 valence electrons. The maximum atomic E-state index is 6.28. The summed E-state index contributed by atoms with van der Waals surface area (Å²) in [5.74, 6) is 0.212. The van der Waals surface area contributed by atoms with Crippen molar-refractivity contribution in [1.82, 2.24) is 0 Å². The summed E-state index contributed by atoms with van der Waals surface area (Å²) in [6.07, 6.45) is 8.81. The van der Waals surface area contributed by atoms with Crippen molar-refractivity contribution in [3.63, 3.8) is 0 Å². The summed E-state index contributed by atoms with van der Waals surface area (Å²) < 4.78 is 30.1. The first-order chi connectivity index (χ1) is 17.0. The highest BCUT2D eigenvalue weighted by molar-refractivity contribution is 5.64. The summed E-state index contributed by atoms with van der Waals surface area (Å²) >= 11 is 0. The third-order valence-electron chi connectivity index (χ3n) is 6.78. The quantitative estimate of drug-likeness (QED) is 0.307. The number of benzene rings is 2. The first-order valence-corrected chi connectivity index (χ1v) is 13.4. The smallest absolute Gasteiger partial charge is 0.163 e. The Morgan fingerprint density at radius 3 is 2.31 bits per heavy atom. The van der Waals surface area contributed by atoms with Crippen molar-refractivity contribution in [3.05, 3.63) is 54.1 Å². The monoisotopic (exact) mass is 482 g/mol. The molecule has 3 atom stereocenters. The zero-order valence-corrected chi connectivity index (χ0v) is 21.7. The second kappa shape index (κ2) is 12.9. The van der Waals surface area contributed by atoms with E-state index in [1.807, 2.05) is 26.0 Å². The fourth-order valence-electron chi connectivity index (χ4n) is 4.69. The van der Waals surface area contributed by atoms with Crippen LogP contribution in [-0.2, 0) is 25.4 Å². The maximum absolute atomic E-state index is 6.28. The van der Waals surface area contributed by atoms with Gasteiger partial charge in [-0.05, 0) is 74.8 Å². The highest BCUT2D eigenvalue weighted by atomic mass is 16.8. The van der Waals surface area contributed by atoms with Crippen LogP contribution in [0.15, 0.2) is 48.5 Å². The molecule has 0 amide bonds. The lowest BCUT2D eigenvalue weighted by Crippen LogP contribution is -2.41. The van der Waals surface area contributed by atoms with Crippen molar-refractivity contribution in [2.75, 3.05) is 19.8 Å². The molecule has 0 aliphatic carbocycles. The Bertz CT molecular complexity index is 871. The zero-order chi connectivity index (χ0) is 24.5. The first kappa shape index (κ1) is 26.2. The minimum absolute atomic E-state index is 0.185.